The zero-order valence-corrected chi connectivity index (χ0v) is 14.6. The molecule has 0 unspecified atom stereocenters. The molecule has 0 radical (unpaired) electrons. The lowest BCUT2D eigenvalue weighted by Crippen LogP contribution is -2.47. The van der Waals surface area contributed by atoms with E-state index in [1.165, 1.54) is 11.8 Å². The molecule has 25 heavy (non-hydrogen) atoms. The Morgan fingerprint density at radius 2 is 1.88 bits per heavy atom. The number of carbonyl (C=O) groups is 2. The van der Waals surface area contributed by atoms with E-state index in [-0.39, 0.29) is 11.7 Å². The van der Waals surface area contributed by atoms with Gasteiger partial charge >= 0.3 is 5.97 Å². The van der Waals surface area contributed by atoms with E-state index < -0.39 is 17.3 Å². The lowest BCUT2D eigenvalue weighted by Gasteiger charge is -2.39. The number of benzene rings is 2. The molecular weight excluding hydrogens is 338 g/mol. The predicted molar refractivity (Wildman–Crippen MR) is 96.6 cm³/mol. The van der Waals surface area contributed by atoms with Crippen molar-refractivity contribution >= 4 is 23.6 Å². The van der Waals surface area contributed by atoms with Gasteiger partial charge in [0.05, 0.1) is 18.9 Å². The molecule has 1 saturated heterocycles. The fraction of sp³-hybridized carbons (Fsp3) is 0.263. The highest BCUT2D eigenvalue weighted by atomic mass is 32.2. The van der Waals surface area contributed by atoms with E-state index in [0.717, 1.165) is 11.1 Å². The minimum Gasteiger partial charge on any atom is -0.497 e. The molecular formula is C19H19NO4S. The van der Waals surface area contributed by atoms with Gasteiger partial charge in [0.15, 0.2) is 0 Å². The molecule has 1 N–H and O–H groups in total. The van der Waals surface area contributed by atoms with Crippen LogP contribution in [0.2, 0.25) is 0 Å². The Bertz CT molecular complexity index is 748. The maximum atomic E-state index is 12.6. The first kappa shape index (κ1) is 17.4. The summed E-state index contributed by atoms with van der Waals surface area (Å²) in [6, 6.07) is 16.3. The smallest absolute Gasteiger partial charge is 0.319 e. The van der Waals surface area contributed by atoms with Crippen molar-refractivity contribution in [1.82, 2.24) is 4.90 Å². The van der Waals surface area contributed by atoms with Crippen molar-refractivity contribution in [2.75, 3.05) is 12.9 Å². The summed E-state index contributed by atoms with van der Waals surface area (Å²) < 4.78 is 5.17. The van der Waals surface area contributed by atoms with Gasteiger partial charge in [0.2, 0.25) is 5.91 Å². The van der Waals surface area contributed by atoms with Gasteiger partial charge in [0.25, 0.3) is 0 Å². The zero-order valence-electron chi connectivity index (χ0n) is 13.8. The largest absolute Gasteiger partial charge is 0.497 e. The number of carbonyl (C=O) groups excluding carboxylic acids is 1. The maximum absolute atomic E-state index is 12.6. The maximum Gasteiger partial charge on any atom is 0.319 e. The van der Waals surface area contributed by atoms with Crippen LogP contribution in [0.5, 0.6) is 5.75 Å². The van der Waals surface area contributed by atoms with Crippen LogP contribution in [-0.4, -0.2) is 40.0 Å². The van der Waals surface area contributed by atoms with Crippen molar-refractivity contribution in [3.63, 3.8) is 0 Å². The number of aliphatic carboxylic acids is 1. The molecule has 0 aromatic heterocycles. The van der Waals surface area contributed by atoms with Gasteiger partial charge in [-0.25, -0.2) is 0 Å². The van der Waals surface area contributed by atoms with E-state index in [1.54, 1.807) is 24.1 Å². The Hall–Kier alpha value is -2.47. The zero-order chi connectivity index (χ0) is 17.8. The minimum absolute atomic E-state index is 0.0489. The summed E-state index contributed by atoms with van der Waals surface area (Å²) in [7, 11) is 1.58. The van der Waals surface area contributed by atoms with Crippen molar-refractivity contribution in [3.05, 3.63) is 65.7 Å². The molecule has 1 heterocycles. The van der Waals surface area contributed by atoms with Crippen LogP contribution in [-0.2, 0) is 16.1 Å². The number of nitrogens with zero attached hydrogens (tertiary/aromatic N) is 1. The minimum atomic E-state index is -0.906. The third-order valence-corrected chi connectivity index (χ3v) is 5.46. The SMILES string of the molecule is COc1ccc([C@@H]2[C@@H](C(=O)O)SCC(=O)N2Cc2ccccc2)cc1. The first-order valence-electron chi connectivity index (χ1n) is 7.92. The number of methoxy groups -OCH3 is 1. The fourth-order valence-electron chi connectivity index (χ4n) is 2.98. The van der Waals surface area contributed by atoms with Gasteiger partial charge in [-0.3, -0.25) is 9.59 Å². The molecule has 3 rings (SSSR count). The number of thioether (sulfide) groups is 1. The number of amides is 1. The molecule has 130 valence electrons. The van der Waals surface area contributed by atoms with E-state index >= 15 is 0 Å². The molecule has 0 saturated carbocycles. The van der Waals surface area contributed by atoms with Gasteiger partial charge in [-0.1, -0.05) is 42.5 Å². The molecule has 1 aliphatic rings. The highest BCUT2D eigenvalue weighted by Crippen LogP contribution is 2.38. The van der Waals surface area contributed by atoms with E-state index in [2.05, 4.69) is 0 Å². The molecule has 0 bridgehead atoms. The van der Waals surface area contributed by atoms with Crippen molar-refractivity contribution in [3.8, 4) is 5.75 Å². The molecule has 6 heteroatoms. The van der Waals surface area contributed by atoms with E-state index in [0.29, 0.717) is 12.3 Å². The van der Waals surface area contributed by atoms with Crippen LogP contribution < -0.4 is 4.74 Å². The summed E-state index contributed by atoms with van der Waals surface area (Å²) in [5.41, 5.74) is 1.77. The lowest BCUT2D eigenvalue weighted by atomic mass is 9.99. The average Bonchev–Trinajstić information content (AvgIpc) is 2.64. The number of carboxylic acid groups (broad SMARTS) is 1. The molecule has 2 atom stereocenters. The first-order valence-corrected chi connectivity index (χ1v) is 8.97. The van der Waals surface area contributed by atoms with Crippen LogP contribution in [0.15, 0.2) is 54.6 Å². The molecule has 0 aliphatic carbocycles. The van der Waals surface area contributed by atoms with Crippen LogP contribution in [0.1, 0.15) is 17.2 Å². The second-order valence-electron chi connectivity index (χ2n) is 5.80. The molecule has 0 spiro atoms. The van der Waals surface area contributed by atoms with Gasteiger partial charge in [-0.05, 0) is 23.3 Å². The van der Waals surface area contributed by atoms with Crippen LogP contribution >= 0.6 is 11.8 Å². The van der Waals surface area contributed by atoms with E-state index in [9.17, 15) is 14.7 Å². The quantitative estimate of drug-likeness (QED) is 0.891. The van der Waals surface area contributed by atoms with E-state index in [4.69, 9.17) is 4.74 Å². The standard InChI is InChI=1S/C19H19NO4S/c1-24-15-9-7-14(8-10-15)17-18(19(22)23)25-12-16(21)20(17)11-13-5-3-2-4-6-13/h2-10,17-18H,11-12H2,1H3,(H,22,23)/t17-,18+/m1/s1. The van der Waals surface area contributed by atoms with Crippen molar-refractivity contribution in [2.24, 2.45) is 0 Å². The summed E-state index contributed by atoms with van der Waals surface area (Å²) in [5, 5.41) is 8.96. The fourth-order valence-corrected chi connectivity index (χ4v) is 4.10. The van der Waals surface area contributed by atoms with Crippen LogP contribution in [0.4, 0.5) is 0 Å². The lowest BCUT2D eigenvalue weighted by molar-refractivity contribution is -0.140. The normalized spacial score (nSPS) is 20.4. The van der Waals surface area contributed by atoms with Gasteiger partial charge < -0.3 is 14.7 Å². The highest BCUT2D eigenvalue weighted by Gasteiger charge is 2.41. The summed E-state index contributed by atoms with van der Waals surface area (Å²) in [6.07, 6.45) is 0. The Morgan fingerprint density at radius 1 is 1.20 bits per heavy atom. The second-order valence-corrected chi connectivity index (χ2v) is 6.92. The van der Waals surface area contributed by atoms with Gasteiger partial charge in [0.1, 0.15) is 11.0 Å². The third kappa shape index (κ3) is 3.79. The number of hydrogen-bond acceptors (Lipinski definition) is 4. The first-order chi connectivity index (χ1) is 12.1. The monoisotopic (exact) mass is 357 g/mol. The Kier molecular flexibility index (Phi) is 5.28. The molecule has 2 aromatic carbocycles. The number of rotatable bonds is 5. The number of hydrogen-bond donors (Lipinski definition) is 1. The topological polar surface area (TPSA) is 66.8 Å². The number of carboxylic acids is 1. The van der Waals surface area contributed by atoms with Gasteiger partial charge in [-0.2, -0.15) is 0 Å². The van der Waals surface area contributed by atoms with Crippen LogP contribution in [0.25, 0.3) is 0 Å². The van der Waals surface area contributed by atoms with Crippen LogP contribution in [0.3, 0.4) is 0 Å². The highest BCUT2D eigenvalue weighted by molar-refractivity contribution is 8.01. The van der Waals surface area contributed by atoms with Crippen molar-refractivity contribution < 1.29 is 19.4 Å². The Balaban J connectivity index is 1.97. The average molecular weight is 357 g/mol. The second kappa shape index (κ2) is 7.61. The molecule has 1 fully saturated rings. The van der Waals surface area contributed by atoms with E-state index in [1.807, 2.05) is 42.5 Å². The summed E-state index contributed by atoms with van der Waals surface area (Å²) >= 11 is 1.18. The number of ether oxygens (including phenoxy) is 1. The molecule has 1 aliphatic heterocycles. The predicted octanol–water partition coefficient (Wildman–Crippen LogP) is 2.97. The van der Waals surface area contributed by atoms with Crippen molar-refractivity contribution in [2.45, 2.75) is 17.8 Å². The summed E-state index contributed by atoms with van der Waals surface area (Å²) in [4.78, 5) is 26.0. The van der Waals surface area contributed by atoms with Gasteiger partial charge in [0, 0.05) is 6.54 Å². The molecule has 2 aromatic rings. The molecule has 5 nitrogen and oxygen atoms in total. The third-order valence-electron chi connectivity index (χ3n) is 4.23. The summed E-state index contributed by atoms with van der Waals surface area (Å²) in [6.45, 7) is 0.390. The Labute approximate surface area is 150 Å². The summed E-state index contributed by atoms with van der Waals surface area (Å²) in [5.74, 6) is -0.0835. The molecule has 1 amide bonds. The Morgan fingerprint density at radius 3 is 2.48 bits per heavy atom. The van der Waals surface area contributed by atoms with Crippen LogP contribution in [0, 0.1) is 0 Å². The van der Waals surface area contributed by atoms with Crippen molar-refractivity contribution in [1.29, 1.82) is 0 Å². The van der Waals surface area contributed by atoms with Gasteiger partial charge in [-0.15, -0.1) is 11.8 Å².